The largest absolute Gasteiger partial charge is 0.424 e. The summed E-state index contributed by atoms with van der Waals surface area (Å²) in [6.07, 6.45) is 8.80. The van der Waals surface area contributed by atoms with Crippen molar-refractivity contribution in [3.8, 4) is 28.6 Å². The Morgan fingerprint density at radius 1 is 0.962 bits per heavy atom. The Morgan fingerprint density at radius 3 is 2.50 bits per heavy atom. The molecule has 4 aromatic rings. The van der Waals surface area contributed by atoms with Crippen LogP contribution in [0.3, 0.4) is 0 Å². The van der Waals surface area contributed by atoms with Gasteiger partial charge in [0.2, 0.25) is 0 Å². The Morgan fingerprint density at radius 2 is 1.81 bits per heavy atom. The van der Waals surface area contributed by atoms with Gasteiger partial charge in [-0.2, -0.15) is 0 Å². The first-order chi connectivity index (χ1) is 12.7. The van der Waals surface area contributed by atoms with Crippen molar-refractivity contribution in [1.29, 1.82) is 0 Å². The Bertz CT molecular complexity index is 1030. The number of hydrogen-bond acceptors (Lipinski definition) is 6. The molecular formula is C19H16N6O. The average molecular weight is 344 g/mol. The Kier molecular flexibility index (Phi) is 4.10. The molecule has 0 unspecified atom stereocenters. The summed E-state index contributed by atoms with van der Waals surface area (Å²) in [7, 11) is 0. The monoisotopic (exact) mass is 344 g/mol. The SMILES string of the molecule is Cc1cn(-c2ccc(C)c(Oc3ncc(-c4cccnc4)cn3)c2)nn1. The van der Waals surface area contributed by atoms with Gasteiger partial charge < -0.3 is 4.74 Å². The van der Waals surface area contributed by atoms with Crippen molar-refractivity contribution in [3.63, 3.8) is 0 Å². The zero-order valence-corrected chi connectivity index (χ0v) is 14.4. The smallest absolute Gasteiger partial charge is 0.321 e. The van der Waals surface area contributed by atoms with E-state index in [1.54, 1.807) is 29.5 Å². The van der Waals surface area contributed by atoms with Crippen LogP contribution < -0.4 is 4.74 Å². The highest BCUT2D eigenvalue weighted by atomic mass is 16.5. The van der Waals surface area contributed by atoms with E-state index in [9.17, 15) is 0 Å². The van der Waals surface area contributed by atoms with Crippen molar-refractivity contribution in [2.24, 2.45) is 0 Å². The maximum Gasteiger partial charge on any atom is 0.321 e. The van der Waals surface area contributed by atoms with Crippen LogP contribution in [-0.2, 0) is 0 Å². The Balaban J connectivity index is 1.59. The topological polar surface area (TPSA) is 78.6 Å². The first-order valence-corrected chi connectivity index (χ1v) is 8.09. The molecule has 0 aliphatic rings. The van der Waals surface area contributed by atoms with Crippen molar-refractivity contribution < 1.29 is 4.74 Å². The lowest BCUT2D eigenvalue weighted by Gasteiger charge is -2.09. The molecule has 0 N–H and O–H groups in total. The fraction of sp³-hybridized carbons (Fsp3) is 0.105. The third-order valence-electron chi connectivity index (χ3n) is 3.87. The number of ether oxygens (including phenoxy) is 1. The van der Waals surface area contributed by atoms with Crippen LogP contribution in [0.2, 0.25) is 0 Å². The van der Waals surface area contributed by atoms with Gasteiger partial charge in [0.05, 0.1) is 17.6 Å². The summed E-state index contributed by atoms with van der Waals surface area (Å²) in [5, 5.41) is 8.09. The summed E-state index contributed by atoms with van der Waals surface area (Å²) >= 11 is 0. The molecule has 3 heterocycles. The minimum atomic E-state index is 0.285. The molecule has 0 bridgehead atoms. The quantitative estimate of drug-likeness (QED) is 0.563. The number of benzene rings is 1. The van der Waals surface area contributed by atoms with Crippen molar-refractivity contribution >= 4 is 0 Å². The number of aryl methyl sites for hydroxylation is 2. The van der Waals surface area contributed by atoms with Crippen LogP contribution in [0.1, 0.15) is 11.3 Å². The molecule has 4 rings (SSSR count). The molecule has 0 saturated carbocycles. The van der Waals surface area contributed by atoms with Crippen LogP contribution in [0.25, 0.3) is 16.8 Å². The van der Waals surface area contributed by atoms with Gasteiger partial charge in [0.25, 0.3) is 0 Å². The van der Waals surface area contributed by atoms with E-state index in [1.165, 1.54) is 0 Å². The lowest BCUT2D eigenvalue weighted by atomic mass is 10.2. The van der Waals surface area contributed by atoms with Crippen molar-refractivity contribution in [2.75, 3.05) is 0 Å². The zero-order valence-electron chi connectivity index (χ0n) is 14.4. The fourth-order valence-electron chi connectivity index (χ4n) is 2.46. The van der Waals surface area contributed by atoms with E-state index in [1.807, 2.05) is 50.4 Å². The molecule has 128 valence electrons. The van der Waals surface area contributed by atoms with Crippen LogP contribution in [-0.4, -0.2) is 29.9 Å². The second-order valence-electron chi connectivity index (χ2n) is 5.85. The van der Waals surface area contributed by atoms with Crippen molar-refractivity contribution in [3.05, 3.63) is 72.6 Å². The molecule has 0 aliphatic heterocycles. The fourth-order valence-corrected chi connectivity index (χ4v) is 2.46. The van der Waals surface area contributed by atoms with E-state index >= 15 is 0 Å². The van der Waals surface area contributed by atoms with Gasteiger partial charge in [-0.15, -0.1) is 5.10 Å². The maximum absolute atomic E-state index is 5.87. The molecular weight excluding hydrogens is 328 g/mol. The molecule has 0 amide bonds. The minimum absolute atomic E-state index is 0.285. The summed E-state index contributed by atoms with van der Waals surface area (Å²) in [4.78, 5) is 12.7. The van der Waals surface area contributed by atoms with E-state index in [2.05, 4.69) is 25.3 Å². The highest BCUT2D eigenvalue weighted by Crippen LogP contribution is 2.26. The van der Waals surface area contributed by atoms with Gasteiger partial charge in [0.15, 0.2) is 0 Å². The van der Waals surface area contributed by atoms with Crippen molar-refractivity contribution in [2.45, 2.75) is 13.8 Å². The number of hydrogen-bond donors (Lipinski definition) is 0. The van der Waals surface area contributed by atoms with Gasteiger partial charge in [-0.3, -0.25) is 4.98 Å². The van der Waals surface area contributed by atoms with Gasteiger partial charge in [0, 0.05) is 42.0 Å². The summed E-state index contributed by atoms with van der Waals surface area (Å²) in [6, 6.07) is 9.93. The molecule has 26 heavy (non-hydrogen) atoms. The standard InChI is InChI=1S/C19H16N6O/c1-13-5-6-17(25-12-14(2)23-24-25)8-18(13)26-19-21-10-16(11-22-19)15-4-3-7-20-9-15/h3-12H,1-2H3. The maximum atomic E-state index is 5.87. The van der Waals surface area contributed by atoms with Crippen LogP contribution in [0.5, 0.6) is 11.8 Å². The summed E-state index contributed by atoms with van der Waals surface area (Å²) in [5.41, 5.74) is 4.53. The molecule has 1 aromatic carbocycles. The van der Waals surface area contributed by atoms with Gasteiger partial charge >= 0.3 is 6.01 Å². The zero-order chi connectivity index (χ0) is 17.9. The third kappa shape index (κ3) is 3.27. The normalized spacial score (nSPS) is 10.7. The molecule has 7 nitrogen and oxygen atoms in total. The van der Waals surface area contributed by atoms with E-state index in [0.29, 0.717) is 5.75 Å². The molecule has 0 radical (unpaired) electrons. The number of nitrogens with zero attached hydrogens (tertiary/aromatic N) is 6. The third-order valence-corrected chi connectivity index (χ3v) is 3.87. The predicted octanol–water partition coefficient (Wildman–Crippen LogP) is 3.53. The van der Waals surface area contributed by atoms with E-state index in [4.69, 9.17) is 4.74 Å². The van der Waals surface area contributed by atoms with Gasteiger partial charge in [-0.1, -0.05) is 17.3 Å². The number of rotatable bonds is 4. The molecule has 0 fully saturated rings. The molecule has 0 spiro atoms. The van der Waals surface area contributed by atoms with E-state index < -0.39 is 0 Å². The number of pyridine rings is 1. The minimum Gasteiger partial charge on any atom is -0.424 e. The summed E-state index contributed by atoms with van der Waals surface area (Å²) in [5.74, 6) is 0.671. The molecule has 0 saturated heterocycles. The lowest BCUT2D eigenvalue weighted by molar-refractivity contribution is 0.438. The highest BCUT2D eigenvalue weighted by molar-refractivity contribution is 5.60. The second-order valence-corrected chi connectivity index (χ2v) is 5.85. The summed E-state index contributed by atoms with van der Waals surface area (Å²) < 4.78 is 7.57. The second kappa shape index (κ2) is 6.72. The Labute approximate surface area is 150 Å². The highest BCUT2D eigenvalue weighted by Gasteiger charge is 2.08. The van der Waals surface area contributed by atoms with Crippen LogP contribution in [0.15, 0.2) is 61.3 Å². The summed E-state index contributed by atoms with van der Waals surface area (Å²) in [6.45, 7) is 3.86. The molecule has 7 heteroatoms. The van der Waals surface area contributed by atoms with Gasteiger partial charge in [-0.25, -0.2) is 14.6 Å². The van der Waals surface area contributed by atoms with Gasteiger partial charge in [-0.05, 0) is 31.5 Å². The first-order valence-electron chi connectivity index (χ1n) is 8.09. The predicted molar refractivity (Wildman–Crippen MR) is 96.2 cm³/mol. The average Bonchev–Trinajstić information content (AvgIpc) is 3.11. The lowest BCUT2D eigenvalue weighted by Crippen LogP contribution is -1.98. The van der Waals surface area contributed by atoms with Crippen LogP contribution in [0.4, 0.5) is 0 Å². The molecule has 3 aromatic heterocycles. The Hall–Kier alpha value is -3.61. The molecule has 0 aliphatic carbocycles. The number of aromatic nitrogens is 6. The van der Waals surface area contributed by atoms with E-state index in [-0.39, 0.29) is 6.01 Å². The van der Waals surface area contributed by atoms with Crippen LogP contribution in [0, 0.1) is 13.8 Å². The van der Waals surface area contributed by atoms with Crippen LogP contribution >= 0.6 is 0 Å². The van der Waals surface area contributed by atoms with Crippen molar-refractivity contribution in [1.82, 2.24) is 29.9 Å². The van der Waals surface area contributed by atoms with Gasteiger partial charge in [0.1, 0.15) is 5.75 Å². The first kappa shape index (κ1) is 15.9. The van der Waals surface area contributed by atoms with E-state index in [0.717, 1.165) is 28.1 Å². The molecule has 0 atom stereocenters.